The third-order valence-corrected chi connectivity index (χ3v) is 4.86. The summed E-state index contributed by atoms with van der Waals surface area (Å²) in [5.41, 5.74) is 3.04. The normalized spacial score (nSPS) is 11.7. The minimum atomic E-state index is -0.696. The molecule has 3 N–H and O–H groups in total. The van der Waals surface area contributed by atoms with Crippen molar-refractivity contribution in [3.05, 3.63) is 72.3 Å². The number of nitrogens with one attached hydrogen (secondary N) is 3. The van der Waals surface area contributed by atoms with Crippen LogP contribution in [-0.4, -0.2) is 35.0 Å². The molecular formula is C24H28N4O3. The fourth-order valence-electron chi connectivity index (χ4n) is 3.35. The van der Waals surface area contributed by atoms with Crippen LogP contribution in [0.3, 0.4) is 0 Å². The summed E-state index contributed by atoms with van der Waals surface area (Å²) in [6, 6.07) is 14.5. The van der Waals surface area contributed by atoms with Crippen LogP contribution in [0, 0.1) is 5.92 Å². The number of nitrogens with zero attached hydrogens (tertiary/aromatic N) is 1. The molecule has 7 heteroatoms. The lowest BCUT2D eigenvalue weighted by atomic mass is 9.97. The van der Waals surface area contributed by atoms with Crippen molar-refractivity contribution in [1.29, 1.82) is 0 Å². The highest BCUT2D eigenvalue weighted by atomic mass is 16.5. The van der Waals surface area contributed by atoms with E-state index in [1.165, 1.54) is 7.11 Å². The van der Waals surface area contributed by atoms with Crippen LogP contribution in [0.1, 0.15) is 36.5 Å². The number of aromatic nitrogens is 2. The summed E-state index contributed by atoms with van der Waals surface area (Å²) in [4.78, 5) is 32.6. The summed E-state index contributed by atoms with van der Waals surface area (Å²) < 4.78 is 4.88. The molecule has 2 aromatic carbocycles. The highest BCUT2D eigenvalue weighted by molar-refractivity contribution is 6.03. The lowest BCUT2D eigenvalue weighted by Gasteiger charge is -2.20. The van der Waals surface area contributed by atoms with Gasteiger partial charge in [-0.25, -0.2) is 9.78 Å². The molecule has 0 radical (unpaired) electrons. The van der Waals surface area contributed by atoms with Crippen LogP contribution < -0.4 is 10.6 Å². The number of anilines is 1. The molecule has 0 aliphatic rings. The maximum absolute atomic E-state index is 13.2. The number of hydrogen-bond acceptors (Lipinski definition) is 5. The van der Waals surface area contributed by atoms with E-state index in [0.29, 0.717) is 18.5 Å². The quantitative estimate of drug-likeness (QED) is 0.455. The number of rotatable bonds is 9. The number of esters is 1. The summed E-state index contributed by atoms with van der Waals surface area (Å²) in [5.74, 6) is 0.288. The van der Waals surface area contributed by atoms with Gasteiger partial charge in [-0.15, -0.1) is 0 Å². The average Bonchev–Trinajstić information content (AvgIpc) is 3.30. The van der Waals surface area contributed by atoms with Crippen molar-refractivity contribution in [3.63, 3.8) is 0 Å². The number of methoxy groups -OCH3 is 1. The molecule has 0 saturated heterocycles. The topological polar surface area (TPSA) is 96.1 Å². The zero-order chi connectivity index (χ0) is 22.2. The highest BCUT2D eigenvalue weighted by Crippen LogP contribution is 2.27. The van der Waals surface area contributed by atoms with Gasteiger partial charge in [0.15, 0.2) is 0 Å². The van der Waals surface area contributed by atoms with Crippen LogP contribution in [0.4, 0.5) is 5.69 Å². The number of aromatic amines is 1. The number of ether oxygens (including phenoxy) is 1. The van der Waals surface area contributed by atoms with E-state index in [-0.39, 0.29) is 11.8 Å². The van der Waals surface area contributed by atoms with Crippen molar-refractivity contribution >= 4 is 17.6 Å². The number of imidazole rings is 1. The SMILES string of the molecule is COC(=O)[C@H](CC(C)C)NC(=O)c1ccc(NCc2ncc[nH]2)cc1-c1ccccc1. The summed E-state index contributed by atoms with van der Waals surface area (Å²) in [5, 5.41) is 6.17. The summed E-state index contributed by atoms with van der Waals surface area (Å²) in [6.45, 7) is 4.53. The largest absolute Gasteiger partial charge is 0.467 e. The standard InChI is InChI=1S/C24H28N4O3/c1-16(2)13-21(24(30)31-3)28-23(29)19-10-9-18(27-15-22-25-11-12-26-22)14-20(19)17-7-5-4-6-8-17/h4-12,14,16,21,27H,13,15H2,1-3H3,(H,25,26)(H,28,29)/t21-/m0/s1. The van der Waals surface area contributed by atoms with Crippen LogP contribution in [0.15, 0.2) is 60.9 Å². The van der Waals surface area contributed by atoms with Crippen molar-refractivity contribution in [2.24, 2.45) is 5.92 Å². The van der Waals surface area contributed by atoms with E-state index in [1.807, 2.05) is 56.3 Å². The van der Waals surface area contributed by atoms with Gasteiger partial charge in [0.25, 0.3) is 5.91 Å². The van der Waals surface area contributed by atoms with Crippen molar-refractivity contribution in [2.45, 2.75) is 32.9 Å². The predicted octanol–water partition coefficient (Wildman–Crippen LogP) is 4.01. The Morgan fingerprint density at radius 1 is 1.13 bits per heavy atom. The molecule has 1 aromatic heterocycles. The van der Waals surface area contributed by atoms with Gasteiger partial charge < -0.3 is 20.4 Å². The molecule has 0 unspecified atom stereocenters. The smallest absolute Gasteiger partial charge is 0.328 e. The van der Waals surface area contributed by atoms with Gasteiger partial charge in [0.2, 0.25) is 0 Å². The van der Waals surface area contributed by atoms with E-state index in [9.17, 15) is 9.59 Å². The molecule has 7 nitrogen and oxygen atoms in total. The second-order valence-electron chi connectivity index (χ2n) is 7.69. The molecule has 1 heterocycles. The minimum Gasteiger partial charge on any atom is -0.467 e. The Balaban J connectivity index is 1.88. The van der Waals surface area contributed by atoms with Crippen LogP contribution in [0.25, 0.3) is 11.1 Å². The van der Waals surface area contributed by atoms with Gasteiger partial charge in [0, 0.05) is 23.6 Å². The molecule has 3 rings (SSSR count). The minimum absolute atomic E-state index is 0.228. The molecule has 0 aliphatic heterocycles. The van der Waals surface area contributed by atoms with Gasteiger partial charge in [0.05, 0.1) is 13.7 Å². The van der Waals surface area contributed by atoms with Gasteiger partial charge in [0.1, 0.15) is 11.9 Å². The number of H-pyrrole nitrogens is 1. The Morgan fingerprint density at radius 2 is 1.90 bits per heavy atom. The first-order chi connectivity index (χ1) is 15.0. The maximum atomic E-state index is 13.2. The molecule has 1 amide bonds. The average molecular weight is 421 g/mol. The van der Waals surface area contributed by atoms with Crippen molar-refractivity contribution in [1.82, 2.24) is 15.3 Å². The summed E-state index contributed by atoms with van der Waals surface area (Å²) in [7, 11) is 1.33. The fourth-order valence-corrected chi connectivity index (χ4v) is 3.35. The van der Waals surface area contributed by atoms with Gasteiger partial charge in [-0.2, -0.15) is 0 Å². The van der Waals surface area contributed by atoms with E-state index in [0.717, 1.165) is 22.6 Å². The van der Waals surface area contributed by atoms with Crippen LogP contribution in [-0.2, 0) is 16.1 Å². The van der Waals surface area contributed by atoms with Crippen LogP contribution >= 0.6 is 0 Å². The summed E-state index contributed by atoms with van der Waals surface area (Å²) in [6.07, 6.45) is 3.98. The first-order valence-corrected chi connectivity index (χ1v) is 10.3. The number of carbonyl (C=O) groups is 2. The van der Waals surface area contributed by atoms with Gasteiger partial charge in [-0.3, -0.25) is 4.79 Å². The Morgan fingerprint density at radius 3 is 2.55 bits per heavy atom. The molecular weight excluding hydrogens is 392 g/mol. The Bertz CT molecular complexity index is 1000. The number of carbonyl (C=O) groups excluding carboxylic acids is 2. The molecule has 162 valence electrons. The molecule has 0 bridgehead atoms. The zero-order valence-corrected chi connectivity index (χ0v) is 18.0. The second kappa shape index (κ2) is 10.4. The van der Waals surface area contributed by atoms with Gasteiger partial charge >= 0.3 is 5.97 Å². The number of hydrogen-bond donors (Lipinski definition) is 3. The Kier molecular flexibility index (Phi) is 7.43. The third kappa shape index (κ3) is 5.94. The fraction of sp³-hybridized carbons (Fsp3) is 0.292. The highest BCUT2D eigenvalue weighted by Gasteiger charge is 2.24. The van der Waals surface area contributed by atoms with Gasteiger partial charge in [-0.05, 0) is 41.7 Å². The molecule has 1 atom stereocenters. The summed E-state index contributed by atoms with van der Waals surface area (Å²) >= 11 is 0. The number of amides is 1. The first kappa shape index (κ1) is 22.1. The van der Waals surface area contributed by atoms with Crippen molar-refractivity contribution in [3.8, 4) is 11.1 Å². The monoisotopic (exact) mass is 420 g/mol. The number of benzene rings is 2. The molecule has 0 aliphatic carbocycles. The lowest BCUT2D eigenvalue weighted by Crippen LogP contribution is -2.42. The second-order valence-corrected chi connectivity index (χ2v) is 7.69. The van der Waals surface area contributed by atoms with Crippen LogP contribution in [0.5, 0.6) is 0 Å². The molecule has 0 fully saturated rings. The van der Waals surface area contributed by atoms with Crippen molar-refractivity contribution in [2.75, 3.05) is 12.4 Å². The van der Waals surface area contributed by atoms with E-state index in [1.54, 1.807) is 18.5 Å². The lowest BCUT2D eigenvalue weighted by molar-refractivity contribution is -0.143. The zero-order valence-electron chi connectivity index (χ0n) is 18.0. The Labute approximate surface area is 182 Å². The molecule has 31 heavy (non-hydrogen) atoms. The maximum Gasteiger partial charge on any atom is 0.328 e. The van der Waals surface area contributed by atoms with E-state index < -0.39 is 12.0 Å². The molecule has 3 aromatic rings. The molecule has 0 saturated carbocycles. The van der Waals surface area contributed by atoms with E-state index in [2.05, 4.69) is 20.6 Å². The van der Waals surface area contributed by atoms with E-state index in [4.69, 9.17) is 4.74 Å². The third-order valence-electron chi connectivity index (χ3n) is 4.86. The molecule has 0 spiro atoms. The van der Waals surface area contributed by atoms with E-state index >= 15 is 0 Å². The predicted molar refractivity (Wildman–Crippen MR) is 121 cm³/mol. The van der Waals surface area contributed by atoms with Crippen molar-refractivity contribution < 1.29 is 14.3 Å². The first-order valence-electron chi connectivity index (χ1n) is 10.3. The van der Waals surface area contributed by atoms with Crippen LogP contribution in [0.2, 0.25) is 0 Å². The Hall–Kier alpha value is -3.61. The van der Waals surface area contributed by atoms with Gasteiger partial charge in [-0.1, -0.05) is 44.2 Å².